The van der Waals surface area contributed by atoms with Crippen molar-refractivity contribution in [1.82, 2.24) is 10.2 Å². The van der Waals surface area contributed by atoms with Crippen LogP contribution in [0, 0.1) is 20.8 Å². The molecule has 4 rings (SSSR count). The van der Waals surface area contributed by atoms with Gasteiger partial charge in [0, 0.05) is 6.42 Å². The van der Waals surface area contributed by atoms with Crippen molar-refractivity contribution in [2.45, 2.75) is 45.8 Å². The normalized spacial score (nSPS) is 20.9. The zero-order valence-electron chi connectivity index (χ0n) is 19.4. The van der Waals surface area contributed by atoms with Gasteiger partial charge in [-0.3, -0.25) is 9.69 Å². The van der Waals surface area contributed by atoms with E-state index in [1.54, 1.807) is 25.1 Å². The van der Waals surface area contributed by atoms with Crippen LogP contribution in [0.2, 0.25) is 0 Å². The number of aliphatic hydroxyl groups excluding tert-OH is 1. The Morgan fingerprint density at radius 1 is 1.09 bits per heavy atom. The maximum atomic E-state index is 13.3. The third-order valence-corrected chi connectivity index (χ3v) is 6.29. The van der Waals surface area contributed by atoms with Crippen molar-refractivity contribution >= 4 is 11.9 Å². The molecular weight excluding hydrogens is 424 g/mol. The van der Waals surface area contributed by atoms with Crippen LogP contribution in [0.4, 0.5) is 4.79 Å². The summed E-state index contributed by atoms with van der Waals surface area (Å²) in [5, 5.41) is 13.3. The number of ether oxygens (including phenoxy) is 3. The Labute approximate surface area is 193 Å². The number of imide groups is 1. The lowest BCUT2D eigenvalue weighted by molar-refractivity contribution is -0.132. The van der Waals surface area contributed by atoms with Crippen LogP contribution in [0.3, 0.4) is 0 Å². The first kappa shape index (κ1) is 22.9. The van der Waals surface area contributed by atoms with Crippen molar-refractivity contribution in [2.75, 3.05) is 26.4 Å². The van der Waals surface area contributed by atoms with Crippen molar-refractivity contribution in [3.8, 4) is 17.2 Å². The summed E-state index contributed by atoms with van der Waals surface area (Å²) in [7, 11) is 0. The molecule has 0 aromatic heterocycles. The number of carbonyl (C=O) groups excluding carboxylic acids is 2. The molecule has 1 saturated heterocycles. The average Bonchev–Trinajstić information content (AvgIpc) is 2.95. The number of β-amino-alcohol motifs (C(OH)–C–C–N with tert-alkyl or cyclic N) is 1. The van der Waals surface area contributed by atoms with E-state index in [0.29, 0.717) is 36.0 Å². The molecule has 0 spiro atoms. The fourth-order valence-electron chi connectivity index (χ4n) is 4.12. The second kappa shape index (κ2) is 8.94. The third-order valence-electron chi connectivity index (χ3n) is 6.29. The van der Waals surface area contributed by atoms with Gasteiger partial charge in [-0.05, 0) is 62.1 Å². The second-order valence-corrected chi connectivity index (χ2v) is 8.80. The zero-order chi connectivity index (χ0) is 23.8. The fourth-order valence-corrected chi connectivity index (χ4v) is 4.12. The lowest BCUT2D eigenvalue weighted by Crippen LogP contribution is -2.42. The first-order valence-electron chi connectivity index (χ1n) is 11.1. The smallest absolute Gasteiger partial charge is 0.325 e. The van der Waals surface area contributed by atoms with E-state index in [1.165, 1.54) is 0 Å². The minimum absolute atomic E-state index is 0.0388. The van der Waals surface area contributed by atoms with Crippen molar-refractivity contribution in [3.05, 3.63) is 52.6 Å². The maximum Gasteiger partial charge on any atom is 0.325 e. The van der Waals surface area contributed by atoms with E-state index in [-0.39, 0.29) is 13.2 Å². The number of nitrogens with one attached hydrogen (secondary N) is 1. The molecule has 2 aliphatic heterocycles. The molecule has 0 aliphatic carbocycles. The highest BCUT2D eigenvalue weighted by Crippen LogP contribution is 2.36. The molecule has 1 fully saturated rings. The van der Waals surface area contributed by atoms with Gasteiger partial charge in [0.2, 0.25) is 0 Å². The topological polar surface area (TPSA) is 97.3 Å². The quantitative estimate of drug-likeness (QED) is 0.652. The van der Waals surface area contributed by atoms with Crippen LogP contribution in [0.5, 0.6) is 17.2 Å². The number of benzene rings is 2. The molecular formula is C25H30N2O6. The van der Waals surface area contributed by atoms with Crippen LogP contribution in [0.15, 0.2) is 30.3 Å². The molecule has 8 nitrogen and oxygen atoms in total. The highest BCUT2D eigenvalue weighted by Gasteiger charge is 2.49. The Morgan fingerprint density at radius 2 is 1.79 bits per heavy atom. The number of carbonyl (C=O) groups is 2. The monoisotopic (exact) mass is 454 g/mol. The molecule has 2 N–H and O–H groups in total. The predicted octanol–water partition coefficient (Wildman–Crippen LogP) is 2.98. The van der Waals surface area contributed by atoms with Gasteiger partial charge >= 0.3 is 6.03 Å². The van der Waals surface area contributed by atoms with Gasteiger partial charge in [-0.15, -0.1) is 0 Å². The Balaban J connectivity index is 1.46. The summed E-state index contributed by atoms with van der Waals surface area (Å²) in [6.07, 6.45) is -0.267. The van der Waals surface area contributed by atoms with Crippen LogP contribution in [0.25, 0.3) is 0 Å². The lowest BCUT2D eigenvalue weighted by atomic mass is 9.91. The van der Waals surface area contributed by atoms with Crippen molar-refractivity contribution in [2.24, 2.45) is 0 Å². The zero-order valence-corrected chi connectivity index (χ0v) is 19.4. The number of fused-ring (bicyclic) bond motifs is 1. The Morgan fingerprint density at radius 3 is 2.55 bits per heavy atom. The Kier molecular flexibility index (Phi) is 6.21. The molecule has 33 heavy (non-hydrogen) atoms. The van der Waals surface area contributed by atoms with E-state index < -0.39 is 23.6 Å². The Hall–Kier alpha value is -3.26. The van der Waals surface area contributed by atoms with Crippen molar-refractivity contribution in [3.63, 3.8) is 0 Å². The van der Waals surface area contributed by atoms with E-state index in [0.717, 1.165) is 28.0 Å². The Bertz CT molecular complexity index is 1080. The summed E-state index contributed by atoms with van der Waals surface area (Å²) in [5.74, 6) is 1.43. The lowest BCUT2D eigenvalue weighted by Gasteiger charge is -2.24. The number of aliphatic hydroxyl groups is 1. The number of urea groups is 1. The maximum absolute atomic E-state index is 13.3. The van der Waals surface area contributed by atoms with E-state index >= 15 is 0 Å². The molecule has 0 unspecified atom stereocenters. The average molecular weight is 455 g/mol. The summed E-state index contributed by atoms with van der Waals surface area (Å²) < 4.78 is 17.2. The largest absolute Gasteiger partial charge is 0.490 e. The molecule has 2 heterocycles. The summed E-state index contributed by atoms with van der Waals surface area (Å²) in [6.45, 7) is 8.41. The minimum Gasteiger partial charge on any atom is -0.490 e. The van der Waals surface area contributed by atoms with Gasteiger partial charge in [-0.25, -0.2) is 4.79 Å². The number of aryl methyl sites for hydroxylation is 2. The van der Waals surface area contributed by atoms with Crippen molar-refractivity contribution in [1.29, 1.82) is 0 Å². The summed E-state index contributed by atoms with van der Waals surface area (Å²) in [5.41, 5.74) is 2.36. The molecule has 176 valence electrons. The SMILES string of the molecule is Cc1ccc(C)c(OC[C@@H](O)CN2C(=O)N[C@](C)(c3ccc4c(c3)OCCCO4)C2=O)c1C. The highest BCUT2D eigenvalue weighted by atomic mass is 16.5. The van der Waals surface area contributed by atoms with Crippen LogP contribution in [-0.4, -0.2) is 54.4 Å². The molecule has 0 bridgehead atoms. The first-order chi connectivity index (χ1) is 15.7. The summed E-state index contributed by atoms with van der Waals surface area (Å²) in [4.78, 5) is 27.0. The van der Waals surface area contributed by atoms with Gasteiger partial charge in [-0.1, -0.05) is 18.2 Å². The van der Waals surface area contributed by atoms with Gasteiger partial charge in [0.15, 0.2) is 11.5 Å². The van der Waals surface area contributed by atoms with E-state index in [9.17, 15) is 14.7 Å². The fraction of sp³-hybridized carbons (Fsp3) is 0.440. The highest BCUT2D eigenvalue weighted by molar-refractivity contribution is 6.07. The van der Waals surface area contributed by atoms with E-state index in [4.69, 9.17) is 14.2 Å². The molecule has 3 amide bonds. The molecule has 2 aromatic rings. The molecule has 2 aliphatic rings. The molecule has 2 atom stereocenters. The number of rotatable bonds is 6. The van der Waals surface area contributed by atoms with Crippen LogP contribution < -0.4 is 19.5 Å². The second-order valence-electron chi connectivity index (χ2n) is 8.80. The van der Waals surface area contributed by atoms with E-state index in [2.05, 4.69) is 5.32 Å². The summed E-state index contributed by atoms with van der Waals surface area (Å²) in [6, 6.07) is 8.64. The van der Waals surface area contributed by atoms with Gasteiger partial charge in [0.1, 0.15) is 24.0 Å². The molecule has 8 heteroatoms. The summed E-state index contributed by atoms with van der Waals surface area (Å²) >= 11 is 0. The van der Waals surface area contributed by atoms with Crippen LogP contribution in [0.1, 0.15) is 35.6 Å². The predicted molar refractivity (Wildman–Crippen MR) is 122 cm³/mol. The number of hydrogen-bond donors (Lipinski definition) is 2. The molecule has 0 saturated carbocycles. The van der Waals surface area contributed by atoms with Gasteiger partial charge in [-0.2, -0.15) is 0 Å². The third kappa shape index (κ3) is 4.35. The number of amides is 3. The standard InChI is InChI=1S/C25H30N2O6/c1-15-6-7-16(2)22(17(15)3)33-14-19(28)13-27-23(29)25(4,26-24(27)30)18-8-9-20-21(12-18)32-11-5-10-31-20/h6-9,12,19,28H,5,10-11,13-14H2,1-4H3,(H,26,30)/t19-,25+/m0/s1. The molecule has 0 radical (unpaired) electrons. The van der Waals surface area contributed by atoms with E-state index in [1.807, 2.05) is 32.9 Å². The van der Waals surface area contributed by atoms with Gasteiger partial charge < -0.3 is 24.6 Å². The van der Waals surface area contributed by atoms with Crippen molar-refractivity contribution < 1.29 is 28.9 Å². The van der Waals surface area contributed by atoms with Crippen LogP contribution in [-0.2, 0) is 10.3 Å². The molecule has 2 aromatic carbocycles. The van der Waals surface area contributed by atoms with Crippen LogP contribution >= 0.6 is 0 Å². The van der Waals surface area contributed by atoms with Gasteiger partial charge in [0.05, 0.1) is 19.8 Å². The first-order valence-corrected chi connectivity index (χ1v) is 11.1. The number of hydrogen-bond acceptors (Lipinski definition) is 6. The van der Waals surface area contributed by atoms with Gasteiger partial charge in [0.25, 0.3) is 5.91 Å². The number of nitrogens with zero attached hydrogens (tertiary/aromatic N) is 1. The minimum atomic E-state index is -1.27.